The molecule has 0 aliphatic heterocycles. The number of carbonyl (C=O) groups is 1. The molecule has 1 aromatic heterocycles. The Balaban J connectivity index is 1.65. The van der Waals surface area contributed by atoms with E-state index in [1.54, 1.807) is 25.1 Å². The molecular formula is C20H16N2O5. The number of esters is 1. The van der Waals surface area contributed by atoms with Gasteiger partial charge in [-0.15, -0.1) is 0 Å². The molecule has 7 nitrogen and oxygen atoms in total. The minimum Gasteiger partial charge on any atom is -0.456 e. The van der Waals surface area contributed by atoms with Gasteiger partial charge in [-0.2, -0.15) is 0 Å². The summed E-state index contributed by atoms with van der Waals surface area (Å²) in [4.78, 5) is 26.7. The van der Waals surface area contributed by atoms with Crippen molar-refractivity contribution in [2.45, 2.75) is 13.5 Å². The summed E-state index contributed by atoms with van der Waals surface area (Å²) < 4.78 is 10.8. The molecule has 136 valence electrons. The molecule has 0 fully saturated rings. The van der Waals surface area contributed by atoms with Crippen molar-refractivity contribution in [2.75, 3.05) is 0 Å². The van der Waals surface area contributed by atoms with Crippen LogP contribution in [0.1, 0.15) is 17.0 Å². The standard InChI is InChI=1S/C20H16N2O5/c1-14-17(21-20(27-14)16-8-3-2-4-9-16)13-26-19(23)12-11-15-7-5-6-10-18(15)22(24)25/h2-12H,13H2,1H3/b12-11+. The first kappa shape index (κ1) is 18.1. The minimum atomic E-state index is -0.628. The lowest BCUT2D eigenvalue weighted by Crippen LogP contribution is -2.02. The first-order chi connectivity index (χ1) is 13.0. The van der Waals surface area contributed by atoms with E-state index in [1.807, 2.05) is 30.3 Å². The fourth-order valence-electron chi connectivity index (χ4n) is 2.41. The lowest BCUT2D eigenvalue weighted by Gasteiger charge is -1.99. The SMILES string of the molecule is Cc1oc(-c2ccccc2)nc1COC(=O)/C=C/c1ccccc1[N+](=O)[O-]. The molecule has 0 aliphatic rings. The summed E-state index contributed by atoms with van der Waals surface area (Å²) in [5.41, 5.74) is 1.58. The molecule has 3 rings (SSSR count). The predicted molar refractivity (Wildman–Crippen MR) is 98.6 cm³/mol. The van der Waals surface area contributed by atoms with Gasteiger partial charge in [0.25, 0.3) is 5.69 Å². The van der Waals surface area contributed by atoms with E-state index < -0.39 is 10.9 Å². The third-order valence-electron chi connectivity index (χ3n) is 3.80. The summed E-state index contributed by atoms with van der Waals surface area (Å²) in [6, 6.07) is 15.5. The van der Waals surface area contributed by atoms with Crippen LogP contribution >= 0.6 is 0 Å². The molecule has 0 N–H and O–H groups in total. The molecule has 0 aliphatic carbocycles. The summed E-state index contributed by atoms with van der Waals surface area (Å²) in [6.45, 7) is 1.69. The van der Waals surface area contributed by atoms with Crippen LogP contribution in [-0.4, -0.2) is 15.9 Å². The van der Waals surface area contributed by atoms with Crippen molar-refractivity contribution in [3.05, 3.63) is 87.8 Å². The second-order valence-electron chi connectivity index (χ2n) is 5.64. The van der Waals surface area contributed by atoms with E-state index >= 15 is 0 Å². The van der Waals surface area contributed by atoms with E-state index in [-0.39, 0.29) is 12.3 Å². The van der Waals surface area contributed by atoms with Crippen LogP contribution in [0.3, 0.4) is 0 Å². The van der Waals surface area contributed by atoms with Crippen molar-refractivity contribution >= 4 is 17.7 Å². The van der Waals surface area contributed by atoms with Crippen LogP contribution in [-0.2, 0) is 16.1 Å². The first-order valence-corrected chi connectivity index (χ1v) is 8.14. The summed E-state index contributed by atoms with van der Waals surface area (Å²) in [5.74, 6) is 0.385. The van der Waals surface area contributed by atoms with Gasteiger partial charge in [-0.3, -0.25) is 10.1 Å². The van der Waals surface area contributed by atoms with Crippen molar-refractivity contribution in [3.63, 3.8) is 0 Å². The predicted octanol–water partition coefficient (Wildman–Crippen LogP) is 4.31. The number of nitrogens with zero attached hydrogens (tertiary/aromatic N) is 2. The Morgan fingerprint density at radius 2 is 1.89 bits per heavy atom. The summed E-state index contributed by atoms with van der Waals surface area (Å²) in [6.07, 6.45) is 2.50. The Morgan fingerprint density at radius 3 is 2.63 bits per heavy atom. The van der Waals surface area contributed by atoms with Crippen molar-refractivity contribution in [3.8, 4) is 11.5 Å². The molecule has 7 heteroatoms. The summed E-state index contributed by atoms with van der Waals surface area (Å²) in [5, 5.41) is 11.0. The van der Waals surface area contributed by atoms with Crippen molar-refractivity contribution in [1.29, 1.82) is 0 Å². The lowest BCUT2D eigenvalue weighted by molar-refractivity contribution is -0.385. The smallest absolute Gasteiger partial charge is 0.331 e. The van der Waals surface area contributed by atoms with Gasteiger partial charge in [0.2, 0.25) is 5.89 Å². The number of para-hydroxylation sites is 1. The van der Waals surface area contributed by atoms with E-state index in [0.29, 0.717) is 22.9 Å². The maximum atomic E-state index is 11.9. The number of nitro groups is 1. The second kappa shape index (κ2) is 8.09. The summed E-state index contributed by atoms with van der Waals surface area (Å²) >= 11 is 0. The van der Waals surface area contributed by atoms with Crippen LogP contribution < -0.4 is 0 Å². The van der Waals surface area contributed by atoms with Crippen LogP contribution in [0, 0.1) is 17.0 Å². The van der Waals surface area contributed by atoms with Gasteiger partial charge in [0, 0.05) is 17.7 Å². The molecule has 0 spiro atoms. The summed E-state index contributed by atoms with van der Waals surface area (Å²) in [7, 11) is 0. The molecule has 0 radical (unpaired) electrons. The van der Waals surface area contributed by atoms with Gasteiger partial charge in [-0.1, -0.05) is 30.3 Å². The van der Waals surface area contributed by atoms with E-state index in [2.05, 4.69) is 4.98 Å². The third-order valence-corrected chi connectivity index (χ3v) is 3.80. The zero-order chi connectivity index (χ0) is 19.2. The maximum absolute atomic E-state index is 11.9. The fourth-order valence-corrected chi connectivity index (χ4v) is 2.41. The van der Waals surface area contributed by atoms with E-state index in [4.69, 9.17) is 9.15 Å². The number of rotatable bonds is 6. The van der Waals surface area contributed by atoms with Crippen molar-refractivity contribution in [1.82, 2.24) is 4.98 Å². The normalized spacial score (nSPS) is 10.9. The molecule has 3 aromatic rings. The van der Waals surface area contributed by atoms with Gasteiger partial charge in [0.15, 0.2) is 0 Å². The second-order valence-corrected chi connectivity index (χ2v) is 5.64. The first-order valence-electron chi connectivity index (χ1n) is 8.14. The zero-order valence-electron chi connectivity index (χ0n) is 14.5. The number of hydrogen-bond acceptors (Lipinski definition) is 6. The van der Waals surface area contributed by atoms with Crippen LogP contribution in [0.5, 0.6) is 0 Å². The van der Waals surface area contributed by atoms with Crippen LogP contribution in [0.4, 0.5) is 5.69 Å². The van der Waals surface area contributed by atoms with Gasteiger partial charge in [-0.05, 0) is 31.2 Å². The Morgan fingerprint density at radius 1 is 1.19 bits per heavy atom. The Hall–Kier alpha value is -3.74. The highest BCUT2D eigenvalue weighted by Gasteiger charge is 2.13. The number of aryl methyl sites for hydroxylation is 1. The maximum Gasteiger partial charge on any atom is 0.331 e. The van der Waals surface area contributed by atoms with E-state index in [0.717, 1.165) is 11.6 Å². The number of hydrogen-bond donors (Lipinski definition) is 0. The number of nitro benzene ring substituents is 1. The average molecular weight is 364 g/mol. The van der Waals surface area contributed by atoms with Crippen LogP contribution in [0.15, 0.2) is 65.1 Å². The molecule has 0 atom stereocenters. The number of benzene rings is 2. The molecule has 0 saturated heterocycles. The number of ether oxygens (including phenoxy) is 1. The average Bonchev–Trinajstić information content (AvgIpc) is 3.06. The van der Waals surface area contributed by atoms with Gasteiger partial charge in [0.05, 0.1) is 10.5 Å². The highest BCUT2D eigenvalue weighted by Crippen LogP contribution is 2.22. The molecular weight excluding hydrogens is 348 g/mol. The van der Waals surface area contributed by atoms with Gasteiger partial charge in [0.1, 0.15) is 18.1 Å². The van der Waals surface area contributed by atoms with E-state index in [1.165, 1.54) is 12.1 Å². The van der Waals surface area contributed by atoms with Gasteiger partial charge < -0.3 is 9.15 Å². The monoisotopic (exact) mass is 364 g/mol. The molecule has 0 bridgehead atoms. The van der Waals surface area contributed by atoms with Crippen molar-refractivity contribution < 1.29 is 18.9 Å². The van der Waals surface area contributed by atoms with Gasteiger partial charge in [-0.25, -0.2) is 9.78 Å². The van der Waals surface area contributed by atoms with Crippen LogP contribution in [0.2, 0.25) is 0 Å². The topological polar surface area (TPSA) is 95.5 Å². The molecule has 0 saturated carbocycles. The Kier molecular flexibility index (Phi) is 5.41. The highest BCUT2D eigenvalue weighted by molar-refractivity contribution is 5.87. The number of aromatic nitrogens is 1. The highest BCUT2D eigenvalue weighted by atomic mass is 16.6. The quantitative estimate of drug-likeness (QED) is 0.280. The lowest BCUT2D eigenvalue weighted by atomic mass is 10.1. The molecule has 0 unspecified atom stereocenters. The number of oxazole rings is 1. The Labute approximate surface area is 155 Å². The Bertz CT molecular complexity index is 993. The fraction of sp³-hybridized carbons (Fsp3) is 0.100. The van der Waals surface area contributed by atoms with Crippen LogP contribution in [0.25, 0.3) is 17.5 Å². The zero-order valence-corrected chi connectivity index (χ0v) is 14.5. The molecule has 2 aromatic carbocycles. The van der Waals surface area contributed by atoms with Crippen molar-refractivity contribution in [2.24, 2.45) is 0 Å². The molecule has 0 amide bonds. The molecule has 27 heavy (non-hydrogen) atoms. The largest absolute Gasteiger partial charge is 0.456 e. The minimum absolute atomic E-state index is 0.0534. The number of carbonyl (C=O) groups excluding carboxylic acids is 1. The van der Waals surface area contributed by atoms with Gasteiger partial charge >= 0.3 is 5.97 Å². The molecule has 1 heterocycles. The van der Waals surface area contributed by atoms with E-state index in [9.17, 15) is 14.9 Å². The third kappa shape index (κ3) is 4.46.